The number of fused-ring (bicyclic) bond motifs is 1. The van der Waals surface area contributed by atoms with Crippen LogP contribution >= 0.6 is 27.3 Å². The van der Waals surface area contributed by atoms with E-state index in [0.717, 1.165) is 10.9 Å². The Morgan fingerprint density at radius 3 is 2.60 bits per heavy atom. The molecule has 1 aromatic carbocycles. The van der Waals surface area contributed by atoms with Gasteiger partial charge in [0.15, 0.2) is 0 Å². The van der Waals surface area contributed by atoms with Gasteiger partial charge >= 0.3 is 6.18 Å². The molecular weight excluding hydrogens is 289 g/mol. The molecule has 0 saturated carbocycles. The molecule has 0 aliphatic rings. The molecule has 15 heavy (non-hydrogen) atoms. The summed E-state index contributed by atoms with van der Waals surface area (Å²) in [5, 5.41) is 0.883. The normalized spacial score (nSPS) is 12.3. The van der Waals surface area contributed by atoms with Gasteiger partial charge in [0.1, 0.15) is 0 Å². The minimum absolute atomic E-state index is 0.296. The summed E-state index contributed by atoms with van der Waals surface area (Å²) in [4.78, 5) is 0.904. The summed E-state index contributed by atoms with van der Waals surface area (Å²) in [7, 11) is 0. The summed E-state index contributed by atoms with van der Waals surface area (Å²) in [6, 6.07) is 5.87. The fraction of sp³-hybridized carbons (Fsp3) is 0.200. The Bertz CT molecular complexity index is 487. The third-order valence-corrected chi connectivity index (χ3v) is 4.13. The van der Waals surface area contributed by atoms with Crippen LogP contribution in [0.15, 0.2) is 24.3 Å². The number of halogens is 4. The van der Waals surface area contributed by atoms with Crippen molar-refractivity contribution in [1.82, 2.24) is 0 Å². The van der Waals surface area contributed by atoms with Crippen molar-refractivity contribution in [2.75, 3.05) is 0 Å². The van der Waals surface area contributed by atoms with Gasteiger partial charge in [0.25, 0.3) is 0 Å². The van der Waals surface area contributed by atoms with Crippen LogP contribution in [0.4, 0.5) is 13.2 Å². The molecule has 0 fully saturated rings. The summed E-state index contributed by atoms with van der Waals surface area (Å²) in [5.74, 6) is 0. The van der Waals surface area contributed by atoms with Crippen LogP contribution in [-0.2, 0) is 11.5 Å². The number of hydrogen-bond donors (Lipinski definition) is 0. The van der Waals surface area contributed by atoms with E-state index in [2.05, 4.69) is 15.9 Å². The highest BCUT2D eigenvalue weighted by Crippen LogP contribution is 2.38. The van der Waals surface area contributed by atoms with Gasteiger partial charge in [0, 0.05) is 20.3 Å². The first-order valence-corrected chi connectivity index (χ1v) is 6.11. The molecule has 2 rings (SSSR count). The lowest BCUT2D eigenvalue weighted by Gasteiger charge is -2.06. The standard InChI is InChI=1S/C10H6BrF3S/c11-5-6-4-7-8(10(12,13)14)2-1-3-9(7)15-6/h1-4H,5H2. The fourth-order valence-electron chi connectivity index (χ4n) is 1.43. The van der Waals surface area contributed by atoms with E-state index in [0.29, 0.717) is 15.4 Å². The highest BCUT2D eigenvalue weighted by atomic mass is 79.9. The molecule has 0 saturated heterocycles. The second-order valence-electron chi connectivity index (χ2n) is 3.06. The van der Waals surface area contributed by atoms with Gasteiger partial charge in [-0.2, -0.15) is 13.2 Å². The molecule has 1 heterocycles. The maximum Gasteiger partial charge on any atom is 0.417 e. The van der Waals surface area contributed by atoms with Crippen molar-refractivity contribution >= 4 is 37.4 Å². The van der Waals surface area contributed by atoms with Crippen molar-refractivity contribution in [3.05, 3.63) is 34.7 Å². The van der Waals surface area contributed by atoms with E-state index in [4.69, 9.17) is 0 Å². The van der Waals surface area contributed by atoms with Crippen molar-refractivity contribution in [3.8, 4) is 0 Å². The van der Waals surface area contributed by atoms with Crippen molar-refractivity contribution in [2.45, 2.75) is 11.5 Å². The molecule has 0 aliphatic heterocycles. The van der Waals surface area contributed by atoms with Crippen molar-refractivity contribution in [2.24, 2.45) is 0 Å². The summed E-state index contributed by atoms with van der Waals surface area (Å²) in [6.07, 6.45) is -4.27. The van der Waals surface area contributed by atoms with E-state index in [-0.39, 0.29) is 0 Å². The van der Waals surface area contributed by atoms with E-state index in [9.17, 15) is 13.2 Å². The van der Waals surface area contributed by atoms with Crippen LogP contribution in [0.25, 0.3) is 10.1 Å². The molecule has 0 nitrogen and oxygen atoms in total. The molecule has 0 aliphatic carbocycles. The maximum atomic E-state index is 12.6. The lowest BCUT2D eigenvalue weighted by atomic mass is 10.1. The van der Waals surface area contributed by atoms with E-state index < -0.39 is 11.7 Å². The smallest absolute Gasteiger partial charge is 0.166 e. The lowest BCUT2D eigenvalue weighted by molar-refractivity contribution is -0.136. The molecule has 0 radical (unpaired) electrons. The third kappa shape index (κ3) is 2.03. The van der Waals surface area contributed by atoms with Gasteiger partial charge in [-0.05, 0) is 18.2 Å². The first-order valence-electron chi connectivity index (χ1n) is 4.17. The molecule has 1 aromatic heterocycles. The second kappa shape index (κ2) is 3.79. The Balaban J connectivity index is 2.70. The highest BCUT2D eigenvalue weighted by Gasteiger charge is 2.32. The SMILES string of the molecule is FC(F)(F)c1cccc2sc(CBr)cc12. The summed E-state index contributed by atoms with van der Waals surface area (Å²) >= 11 is 4.62. The molecule has 5 heteroatoms. The number of rotatable bonds is 1. The third-order valence-electron chi connectivity index (χ3n) is 2.05. The van der Waals surface area contributed by atoms with Gasteiger partial charge < -0.3 is 0 Å². The van der Waals surface area contributed by atoms with Crippen LogP contribution in [0.1, 0.15) is 10.4 Å². The summed E-state index contributed by atoms with van der Waals surface area (Å²) in [5.41, 5.74) is -0.552. The predicted molar refractivity (Wildman–Crippen MR) is 59.5 cm³/mol. The number of benzene rings is 1. The Hall–Kier alpha value is -0.550. The molecule has 0 N–H and O–H groups in total. The van der Waals surface area contributed by atoms with Crippen molar-refractivity contribution in [3.63, 3.8) is 0 Å². The number of hydrogen-bond acceptors (Lipinski definition) is 1. The van der Waals surface area contributed by atoms with Gasteiger partial charge in [-0.3, -0.25) is 0 Å². The van der Waals surface area contributed by atoms with Gasteiger partial charge in [-0.1, -0.05) is 22.0 Å². The zero-order valence-corrected chi connectivity index (χ0v) is 9.84. The minimum atomic E-state index is -4.27. The summed E-state index contributed by atoms with van der Waals surface area (Å²) < 4.78 is 38.6. The van der Waals surface area contributed by atoms with Gasteiger partial charge in [0.05, 0.1) is 5.56 Å². The Morgan fingerprint density at radius 2 is 2.00 bits per heavy atom. The topological polar surface area (TPSA) is 0 Å². The van der Waals surface area contributed by atoms with Crippen LogP contribution in [0.5, 0.6) is 0 Å². The largest absolute Gasteiger partial charge is 0.417 e. The lowest BCUT2D eigenvalue weighted by Crippen LogP contribution is -2.04. The molecule has 0 bridgehead atoms. The van der Waals surface area contributed by atoms with Crippen molar-refractivity contribution in [1.29, 1.82) is 0 Å². The zero-order chi connectivity index (χ0) is 11.1. The average molecular weight is 295 g/mol. The molecule has 0 spiro atoms. The molecule has 0 amide bonds. The van der Waals surface area contributed by atoms with Crippen LogP contribution in [-0.4, -0.2) is 0 Å². The molecular formula is C10H6BrF3S. The first kappa shape index (κ1) is 11.0. The Labute approximate surface area is 96.8 Å². The van der Waals surface area contributed by atoms with Crippen LogP contribution in [0.3, 0.4) is 0 Å². The predicted octanol–water partition coefficient (Wildman–Crippen LogP) is 4.82. The Morgan fingerprint density at radius 1 is 1.27 bits per heavy atom. The van der Waals surface area contributed by atoms with Gasteiger partial charge in [-0.15, -0.1) is 11.3 Å². The monoisotopic (exact) mass is 294 g/mol. The maximum absolute atomic E-state index is 12.6. The first-order chi connectivity index (χ1) is 7.02. The van der Waals surface area contributed by atoms with E-state index in [1.54, 1.807) is 12.1 Å². The Kier molecular flexibility index (Phi) is 2.77. The number of alkyl halides is 4. The minimum Gasteiger partial charge on any atom is -0.166 e. The van der Waals surface area contributed by atoms with Crippen molar-refractivity contribution < 1.29 is 13.2 Å². The molecule has 0 atom stereocenters. The van der Waals surface area contributed by atoms with E-state index >= 15 is 0 Å². The molecule has 80 valence electrons. The second-order valence-corrected chi connectivity index (χ2v) is 4.79. The molecule has 0 unspecified atom stereocenters. The van der Waals surface area contributed by atoms with E-state index in [1.165, 1.54) is 17.4 Å². The fourth-order valence-corrected chi connectivity index (χ4v) is 2.87. The van der Waals surface area contributed by atoms with E-state index in [1.807, 2.05) is 0 Å². The molecule has 2 aromatic rings. The average Bonchev–Trinajstić information content (AvgIpc) is 2.57. The van der Waals surface area contributed by atoms with Gasteiger partial charge in [0.2, 0.25) is 0 Å². The van der Waals surface area contributed by atoms with Gasteiger partial charge in [-0.25, -0.2) is 0 Å². The quantitative estimate of drug-likeness (QED) is 0.662. The highest BCUT2D eigenvalue weighted by molar-refractivity contribution is 9.08. The van der Waals surface area contributed by atoms with Crippen LogP contribution in [0.2, 0.25) is 0 Å². The summed E-state index contributed by atoms with van der Waals surface area (Å²) in [6.45, 7) is 0. The van der Waals surface area contributed by atoms with Crippen LogP contribution in [0, 0.1) is 0 Å². The zero-order valence-electron chi connectivity index (χ0n) is 7.44. The van der Waals surface area contributed by atoms with Crippen LogP contribution < -0.4 is 0 Å². The number of thiophene rings is 1.